The molecule has 2 heteroatoms. The minimum Gasteiger partial charge on any atom is -0.491 e. The van der Waals surface area contributed by atoms with E-state index in [9.17, 15) is 0 Å². The van der Waals surface area contributed by atoms with E-state index < -0.39 is 0 Å². The van der Waals surface area contributed by atoms with E-state index in [0.29, 0.717) is 6.04 Å². The standard InChI is InChI=1S/C18H29NO/c1-3-4-5-6-7-8-14-20-17-11-9-10-16-13-12-15(2)19-18(16)17/h9-11,15,19H,3-8,12-14H2,1-2H3. The van der Waals surface area contributed by atoms with Crippen LogP contribution in [0, 0.1) is 0 Å². The van der Waals surface area contributed by atoms with Crippen LogP contribution in [-0.4, -0.2) is 12.6 Å². The van der Waals surface area contributed by atoms with Gasteiger partial charge in [-0.1, -0.05) is 51.2 Å². The molecule has 1 aromatic rings. The van der Waals surface area contributed by atoms with E-state index in [1.165, 1.54) is 56.2 Å². The molecule has 0 aromatic heterocycles. The predicted molar refractivity (Wildman–Crippen MR) is 86.7 cm³/mol. The second-order valence-electron chi connectivity index (χ2n) is 5.99. The van der Waals surface area contributed by atoms with Crippen molar-refractivity contribution >= 4 is 5.69 Å². The number of anilines is 1. The Morgan fingerprint density at radius 2 is 1.95 bits per heavy atom. The number of unbranched alkanes of at least 4 members (excludes halogenated alkanes) is 5. The van der Waals surface area contributed by atoms with E-state index in [0.717, 1.165) is 18.8 Å². The molecule has 1 aromatic carbocycles. The second kappa shape index (κ2) is 8.18. The molecular formula is C18H29NO. The van der Waals surface area contributed by atoms with Crippen molar-refractivity contribution in [2.75, 3.05) is 11.9 Å². The predicted octanol–water partition coefficient (Wildman–Crippen LogP) is 5.17. The summed E-state index contributed by atoms with van der Waals surface area (Å²) in [7, 11) is 0. The first-order chi connectivity index (χ1) is 9.81. The van der Waals surface area contributed by atoms with Crippen molar-refractivity contribution in [3.63, 3.8) is 0 Å². The lowest BCUT2D eigenvalue weighted by atomic mass is 9.98. The van der Waals surface area contributed by atoms with Crippen molar-refractivity contribution in [2.24, 2.45) is 0 Å². The van der Waals surface area contributed by atoms with E-state index in [1.54, 1.807) is 0 Å². The summed E-state index contributed by atoms with van der Waals surface area (Å²) in [6, 6.07) is 6.99. The van der Waals surface area contributed by atoms with E-state index in [2.05, 4.69) is 37.4 Å². The van der Waals surface area contributed by atoms with Crippen LogP contribution in [0.1, 0.15) is 64.4 Å². The molecular weight excluding hydrogens is 246 g/mol. The van der Waals surface area contributed by atoms with Crippen LogP contribution in [0.5, 0.6) is 5.75 Å². The van der Waals surface area contributed by atoms with Crippen LogP contribution < -0.4 is 10.1 Å². The van der Waals surface area contributed by atoms with E-state index in [-0.39, 0.29) is 0 Å². The third-order valence-corrected chi connectivity index (χ3v) is 4.11. The number of benzene rings is 1. The Kier molecular flexibility index (Phi) is 6.23. The Balaban J connectivity index is 1.76. The highest BCUT2D eigenvalue weighted by Gasteiger charge is 2.17. The highest BCUT2D eigenvalue weighted by molar-refractivity contribution is 5.63. The number of aryl methyl sites for hydroxylation is 1. The molecule has 2 nitrogen and oxygen atoms in total. The zero-order chi connectivity index (χ0) is 14.2. The summed E-state index contributed by atoms with van der Waals surface area (Å²) < 4.78 is 6.00. The van der Waals surface area contributed by atoms with Crippen molar-refractivity contribution in [3.8, 4) is 5.75 Å². The molecule has 1 heterocycles. The van der Waals surface area contributed by atoms with Crippen molar-refractivity contribution in [2.45, 2.75) is 71.3 Å². The number of hydrogen-bond donors (Lipinski definition) is 1. The third kappa shape index (κ3) is 4.43. The summed E-state index contributed by atoms with van der Waals surface area (Å²) in [4.78, 5) is 0. The van der Waals surface area contributed by atoms with Gasteiger partial charge in [0.25, 0.3) is 0 Å². The smallest absolute Gasteiger partial charge is 0.142 e. The fourth-order valence-electron chi connectivity index (χ4n) is 2.82. The van der Waals surface area contributed by atoms with Gasteiger partial charge < -0.3 is 10.1 Å². The number of ether oxygens (including phenoxy) is 1. The van der Waals surface area contributed by atoms with Gasteiger partial charge in [0.05, 0.1) is 12.3 Å². The average Bonchev–Trinajstić information content (AvgIpc) is 2.46. The zero-order valence-corrected chi connectivity index (χ0v) is 13.1. The number of fused-ring (bicyclic) bond motifs is 1. The normalized spacial score (nSPS) is 17.4. The molecule has 0 bridgehead atoms. The van der Waals surface area contributed by atoms with E-state index in [4.69, 9.17) is 4.74 Å². The summed E-state index contributed by atoms with van der Waals surface area (Å²) in [6.45, 7) is 5.35. The van der Waals surface area contributed by atoms with Gasteiger partial charge in [-0.15, -0.1) is 0 Å². The van der Waals surface area contributed by atoms with Crippen LogP contribution in [0.15, 0.2) is 18.2 Å². The molecule has 1 unspecified atom stereocenters. The molecule has 0 spiro atoms. The fraction of sp³-hybridized carbons (Fsp3) is 0.667. The van der Waals surface area contributed by atoms with Crippen LogP contribution in [0.2, 0.25) is 0 Å². The molecule has 0 saturated carbocycles. The highest BCUT2D eigenvalue weighted by atomic mass is 16.5. The molecule has 112 valence electrons. The monoisotopic (exact) mass is 275 g/mol. The number of para-hydroxylation sites is 1. The molecule has 0 saturated heterocycles. The Hall–Kier alpha value is -1.18. The fourth-order valence-corrected chi connectivity index (χ4v) is 2.82. The molecule has 1 aliphatic heterocycles. The Morgan fingerprint density at radius 1 is 1.15 bits per heavy atom. The molecule has 2 rings (SSSR count). The summed E-state index contributed by atoms with van der Waals surface area (Å²) in [6.07, 6.45) is 10.2. The van der Waals surface area contributed by atoms with Crippen LogP contribution in [0.4, 0.5) is 5.69 Å². The quantitative estimate of drug-likeness (QED) is 0.661. The minimum atomic E-state index is 0.557. The topological polar surface area (TPSA) is 21.3 Å². The lowest BCUT2D eigenvalue weighted by molar-refractivity contribution is 0.305. The molecule has 1 aliphatic rings. The van der Waals surface area contributed by atoms with Gasteiger partial charge >= 0.3 is 0 Å². The van der Waals surface area contributed by atoms with Gasteiger partial charge in [-0.25, -0.2) is 0 Å². The maximum absolute atomic E-state index is 6.00. The first-order valence-corrected chi connectivity index (χ1v) is 8.32. The number of hydrogen-bond acceptors (Lipinski definition) is 2. The van der Waals surface area contributed by atoms with Crippen LogP contribution in [0.3, 0.4) is 0 Å². The van der Waals surface area contributed by atoms with Crippen LogP contribution >= 0.6 is 0 Å². The second-order valence-corrected chi connectivity index (χ2v) is 5.99. The lowest BCUT2D eigenvalue weighted by Gasteiger charge is -2.26. The minimum absolute atomic E-state index is 0.557. The maximum atomic E-state index is 6.00. The molecule has 0 radical (unpaired) electrons. The largest absolute Gasteiger partial charge is 0.491 e. The maximum Gasteiger partial charge on any atom is 0.142 e. The van der Waals surface area contributed by atoms with Crippen LogP contribution in [-0.2, 0) is 6.42 Å². The summed E-state index contributed by atoms with van der Waals surface area (Å²) in [5.41, 5.74) is 2.64. The summed E-state index contributed by atoms with van der Waals surface area (Å²) in [5.74, 6) is 1.04. The Bertz CT molecular complexity index is 402. The van der Waals surface area contributed by atoms with Gasteiger partial charge in [0.15, 0.2) is 0 Å². The van der Waals surface area contributed by atoms with Crippen LogP contribution in [0.25, 0.3) is 0 Å². The highest BCUT2D eigenvalue weighted by Crippen LogP contribution is 2.33. The van der Waals surface area contributed by atoms with Crippen molar-refractivity contribution in [1.82, 2.24) is 0 Å². The molecule has 1 atom stereocenters. The molecule has 20 heavy (non-hydrogen) atoms. The van der Waals surface area contributed by atoms with Gasteiger partial charge in [-0.3, -0.25) is 0 Å². The van der Waals surface area contributed by atoms with Crippen molar-refractivity contribution < 1.29 is 4.74 Å². The molecule has 0 aliphatic carbocycles. The molecule has 1 N–H and O–H groups in total. The average molecular weight is 275 g/mol. The Morgan fingerprint density at radius 3 is 2.80 bits per heavy atom. The SMILES string of the molecule is CCCCCCCCOc1cccc2c1NC(C)CC2. The molecule has 0 amide bonds. The lowest BCUT2D eigenvalue weighted by Crippen LogP contribution is -2.22. The summed E-state index contributed by atoms with van der Waals surface area (Å²) in [5, 5.41) is 3.57. The van der Waals surface area contributed by atoms with Crippen molar-refractivity contribution in [3.05, 3.63) is 23.8 Å². The first kappa shape index (κ1) is 15.2. The van der Waals surface area contributed by atoms with E-state index >= 15 is 0 Å². The van der Waals surface area contributed by atoms with Gasteiger partial charge in [0, 0.05) is 6.04 Å². The first-order valence-electron chi connectivity index (χ1n) is 8.32. The van der Waals surface area contributed by atoms with Gasteiger partial charge in [-0.05, 0) is 37.8 Å². The third-order valence-electron chi connectivity index (χ3n) is 4.11. The zero-order valence-electron chi connectivity index (χ0n) is 13.1. The Labute approximate surface area is 123 Å². The van der Waals surface area contributed by atoms with Gasteiger partial charge in [0.2, 0.25) is 0 Å². The van der Waals surface area contributed by atoms with Gasteiger partial charge in [0.1, 0.15) is 5.75 Å². The molecule has 0 fully saturated rings. The van der Waals surface area contributed by atoms with Gasteiger partial charge in [-0.2, -0.15) is 0 Å². The van der Waals surface area contributed by atoms with Crippen molar-refractivity contribution in [1.29, 1.82) is 0 Å². The van der Waals surface area contributed by atoms with E-state index in [1.807, 2.05) is 0 Å². The summed E-state index contributed by atoms with van der Waals surface area (Å²) >= 11 is 0. The number of nitrogens with one attached hydrogen (secondary N) is 1. The number of rotatable bonds is 8.